The van der Waals surface area contributed by atoms with Crippen LogP contribution in [0.25, 0.3) is 0 Å². The molecular formula is C14H24O. The Morgan fingerprint density at radius 2 is 1.87 bits per heavy atom. The molecule has 0 saturated heterocycles. The Labute approximate surface area is 93.9 Å². The predicted octanol–water partition coefficient (Wildman–Crippen LogP) is 3.55. The summed E-state index contributed by atoms with van der Waals surface area (Å²) in [7, 11) is 0. The Morgan fingerprint density at radius 1 is 1.27 bits per heavy atom. The summed E-state index contributed by atoms with van der Waals surface area (Å²) < 4.78 is 0. The van der Waals surface area contributed by atoms with Gasteiger partial charge in [0.15, 0.2) is 0 Å². The topological polar surface area (TPSA) is 20.2 Å². The molecule has 0 spiro atoms. The highest BCUT2D eigenvalue weighted by Gasteiger charge is 2.39. The molecule has 3 atom stereocenters. The molecule has 0 aromatic carbocycles. The number of allylic oxidation sites excluding steroid dienone is 3. The Morgan fingerprint density at radius 3 is 2.27 bits per heavy atom. The first-order valence-corrected chi connectivity index (χ1v) is 5.84. The molecule has 0 radical (unpaired) electrons. The van der Waals surface area contributed by atoms with E-state index in [1.165, 1.54) is 0 Å². The van der Waals surface area contributed by atoms with Gasteiger partial charge >= 0.3 is 0 Å². The van der Waals surface area contributed by atoms with Crippen LogP contribution < -0.4 is 0 Å². The van der Waals surface area contributed by atoms with E-state index < -0.39 is 0 Å². The van der Waals surface area contributed by atoms with Crippen molar-refractivity contribution in [2.24, 2.45) is 16.7 Å². The number of hydrogen-bond donors (Lipinski definition) is 1. The van der Waals surface area contributed by atoms with Gasteiger partial charge in [-0.3, -0.25) is 0 Å². The van der Waals surface area contributed by atoms with Crippen LogP contribution in [0.5, 0.6) is 0 Å². The highest BCUT2D eigenvalue weighted by Crippen LogP contribution is 2.49. The Hall–Kier alpha value is -0.560. The second kappa shape index (κ2) is 4.13. The zero-order chi connectivity index (χ0) is 11.7. The minimum absolute atomic E-state index is 0.205. The van der Waals surface area contributed by atoms with Crippen molar-refractivity contribution in [1.82, 2.24) is 0 Å². The second-order valence-electron chi connectivity index (χ2n) is 5.70. The maximum atomic E-state index is 9.44. The maximum Gasteiger partial charge on any atom is 0.0572 e. The van der Waals surface area contributed by atoms with Crippen LogP contribution in [-0.4, -0.2) is 11.2 Å². The van der Waals surface area contributed by atoms with Gasteiger partial charge < -0.3 is 5.11 Å². The van der Waals surface area contributed by atoms with Crippen molar-refractivity contribution in [3.05, 3.63) is 24.3 Å². The van der Waals surface area contributed by atoms with E-state index in [2.05, 4.69) is 52.0 Å². The first-order chi connectivity index (χ1) is 6.78. The standard InChI is InChI=1S/C14H24O/c1-11(12(2)15)7-10-14(5)9-6-8-13(14,3)4/h6-8,10-12,15H,9H2,1-5H3/b10-7+. The van der Waals surface area contributed by atoms with Crippen LogP contribution in [0.4, 0.5) is 0 Å². The molecule has 1 N–H and O–H groups in total. The quantitative estimate of drug-likeness (QED) is 0.703. The van der Waals surface area contributed by atoms with Crippen molar-refractivity contribution in [3.8, 4) is 0 Å². The minimum atomic E-state index is -0.262. The molecule has 0 amide bonds. The van der Waals surface area contributed by atoms with Crippen molar-refractivity contribution >= 4 is 0 Å². The van der Waals surface area contributed by atoms with Crippen LogP contribution in [0.2, 0.25) is 0 Å². The summed E-state index contributed by atoms with van der Waals surface area (Å²) in [4.78, 5) is 0. The molecule has 86 valence electrons. The summed E-state index contributed by atoms with van der Waals surface area (Å²) in [6.07, 6.45) is 9.83. The van der Waals surface area contributed by atoms with Crippen LogP contribution in [0.15, 0.2) is 24.3 Å². The molecule has 0 heterocycles. The molecule has 3 unspecified atom stereocenters. The molecule has 0 saturated carbocycles. The van der Waals surface area contributed by atoms with E-state index in [0.717, 1.165) is 6.42 Å². The summed E-state index contributed by atoms with van der Waals surface area (Å²) in [6.45, 7) is 10.7. The molecular weight excluding hydrogens is 184 g/mol. The molecule has 0 fully saturated rings. The zero-order valence-electron chi connectivity index (χ0n) is 10.6. The van der Waals surface area contributed by atoms with Crippen LogP contribution in [0.3, 0.4) is 0 Å². The van der Waals surface area contributed by atoms with E-state index in [1.54, 1.807) is 0 Å². The number of rotatable bonds is 3. The molecule has 1 rings (SSSR count). The summed E-state index contributed by atoms with van der Waals surface area (Å²) in [5.74, 6) is 0.234. The van der Waals surface area contributed by atoms with E-state index in [-0.39, 0.29) is 22.9 Å². The lowest BCUT2D eigenvalue weighted by Gasteiger charge is -2.36. The third-order valence-electron chi connectivity index (χ3n) is 4.08. The summed E-state index contributed by atoms with van der Waals surface area (Å²) in [5.41, 5.74) is 0.429. The average molecular weight is 208 g/mol. The molecule has 0 aromatic heterocycles. The highest BCUT2D eigenvalue weighted by molar-refractivity contribution is 5.20. The van der Waals surface area contributed by atoms with Gasteiger partial charge in [-0.1, -0.05) is 52.0 Å². The van der Waals surface area contributed by atoms with Crippen molar-refractivity contribution in [3.63, 3.8) is 0 Å². The Balaban J connectivity index is 2.74. The fourth-order valence-electron chi connectivity index (χ4n) is 1.86. The molecule has 0 aliphatic heterocycles. The van der Waals surface area contributed by atoms with Gasteiger partial charge in [0.25, 0.3) is 0 Å². The largest absolute Gasteiger partial charge is 0.393 e. The van der Waals surface area contributed by atoms with E-state index in [4.69, 9.17) is 0 Å². The third kappa shape index (κ3) is 2.52. The van der Waals surface area contributed by atoms with E-state index in [0.29, 0.717) is 0 Å². The normalized spacial score (nSPS) is 33.5. The molecule has 0 bridgehead atoms. The van der Waals surface area contributed by atoms with Crippen molar-refractivity contribution in [2.75, 3.05) is 0 Å². The molecule has 1 nitrogen and oxygen atoms in total. The highest BCUT2D eigenvalue weighted by atomic mass is 16.3. The molecule has 1 heteroatoms. The van der Waals surface area contributed by atoms with Crippen molar-refractivity contribution < 1.29 is 5.11 Å². The molecule has 1 aliphatic carbocycles. The fourth-order valence-corrected chi connectivity index (χ4v) is 1.86. The summed E-state index contributed by atoms with van der Waals surface area (Å²) in [5, 5.41) is 9.44. The number of aliphatic hydroxyl groups excluding tert-OH is 1. The van der Waals surface area contributed by atoms with Gasteiger partial charge in [-0.25, -0.2) is 0 Å². The van der Waals surface area contributed by atoms with Gasteiger partial charge in [0.2, 0.25) is 0 Å². The van der Waals surface area contributed by atoms with Crippen molar-refractivity contribution in [2.45, 2.75) is 47.1 Å². The minimum Gasteiger partial charge on any atom is -0.393 e. The lowest BCUT2D eigenvalue weighted by molar-refractivity contribution is 0.155. The molecule has 0 aromatic rings. The number of aliphatic hydroxyl groups is 1. The molecule has 1 aliphatic rings. The van der Waals surface area contributed by atoms with Gasteiger partial charge in [-0.15, -0.1) is 0 Å². The smallest absolute Gasteiger partial charge is 0.0572 e. The van der Waals surface area contributed by atoms with Gasteiger partial charge in [-0.2, -0.15) is 0 Å². The molecule has 15 heavy (non-hydrogen) atoms. The third-order valence-corrected chi connectivity index (χ3v) is 4.08. The maximum absolute atomic E-state index is 9.44. The predicted molar refractivity (Wildman–Crippen MR) is 65.6 cm³/mol. The van der Waals surface area contributed by atoms with Crippen LogP contribution in [-0.2, 0) is 0 Å². The zero-order valence-corrected chi connectivity index (χ0v) is 10.6. The van der Waals surface area contributed by atoms with Gasteiger partial charge in [0.05, 0.1) is 6.10 Å². The lowest BCUT2D eigenvalue weighted by atomic mass is 9.68. The average Bonchev–Trinajstić information content (AvgIpc) is 2.38. The second-order valence-corrected chi connectivity index (χ2v) is 5.70. The van der Waals surface area contributed by atoms with E-state index in [1.807, 2.05) is 6.92 Å². The van der Waals surface area contributed by atoms with Crippen LogP contribution in [0, 0.1) is 16.7 Å². The lowest BCUT2D eigenvalue weighted by Crippen LogP contribution is -2.28. The Kier molecular flexibility index (Phi) is 3.44. The van der Waals surface area contributed by atoms with Crippen molar-refractivity contribution in [1.29, 1.82) is 0 Å². The summed E-state index contributed by atoms with van der Waals surface area (Å²) in [6, 6.07) is 0. The van der Waals surface area contributed by atoms with E-state index in [9.17, 15) is 5.11 Å². The first-order valence-electron chi connectivity index (χ1n) is 5.84. The van der Waals surface area contributed by atoms with Crippen LogP contribution in [0.1, 0.15) is 41.0 Å². The van der Waals surface area contributed by atoms with Gasteiger partial charge in [0.1, 0.15) is 0 Å². The first kappa shape index (κ1) is 12.5. The van der Waals surface area contributed by atoms with Crippen LogP contribution >= 0.6 is 0 Å². The van der Waals surface area contributed by atoms with Gasteiger partial charge in [0, 0.05) is 0 Å². The Bertz CT molecular complexity index is 273. The monoisotopic (exact) mass is 208 g/mol. The summed E-state index contributed by atoms with van der Waals surface area (Å²) >= 11 is 0. The van der Waals surface area contributed by atoms with Gasteiger partial charge in [-0.05, 0) is 30.1 Å². The fraction of sp³-hybridized carbons (Fsp3) is 0.714. The number of hydrogen-bond acceptors (Lipinski definition) is 1. The van der Waals surface area contributed by atoms with E-state index >= 15 is 0 Å². The SMILES string of the molecule is CC(O)C(C)/C=C/C1(C)CC=CC1(C)C.